The summed E-state index contributed by atoms with van der Waals surface area (Å²) in [5, 5.41) is 24.9. The predicted molar refractivity (Wildman–Crippen MR) is 117 cm³/mol. The Morgan fingerprint density at radius 2 is 1.97 bits per heavy atom. The number of rotatable bonds is 7. The standard InChI is InChI=1S/C18H14ClN5O4S2/c1-10-13(6-3-7-14(10)24(27)28)16(26)21-17-22-23-18(30-17)29-9-15(25)20-12-5-2-4-11(19)8-12/h2-8H,9H2,1H3,(H,20,25)(H,21,22,26). The van der Waals surface area contributed by atoms with E-state index in [2.05, 4.69) is 20.8 Å². The number of anilines is 2. The molecule has 154 valence electrons. The summed E-state index contributed by atoms with van der Waals surface area (Å²) in [6, 6.07) is 11.1. The van der Waals surface area contributed by atoms with E-state index in [4.69, 9.17) is 11.6 Å². The summed E-state index contributed by atoms with van der Waals surface area (Å²) in [6.07, 6.45) is 0. The quantitative estimate of drug-likeness (QED) is 0.230. The number of nitrogens with zero attached hydrogens (tertiary/aromatic N) is 3. The number of nitro benzene ring substituents is 1. The number of amides is 2. The predicted octanol–water partition coefficient (Wildman–Crippen LogP) is 4.39. The zero-order chi connectivity index (χ0) is 21.7. The Morgan fingerprint density at radius 3 is 2.70 bits per heavy atom. The van der Waals surface area contributed by atoms with Crippen LogP contribution >= 0.6 is 34.7 Å². The highest BCUT2D eigenvalue weighted by Gasteiger charge is 2.19. The molecule has 12 heteroatoms. The molecule has 1 heterocycles. The summed E-state index contributed by atoms with van der Waals surface area (Å²) < 4.78 is 0.488. The topological polar surface area (TPSA) is 127 Å². The number of hydrogen-bond donors (Lipinski definition) is 2. The third-order valence-electron chi connectivity index (χ3n) is 3.81. The Bertz CT molecular complexity index is 1120. The van der Waals surface area contributed by atoms with Gasteiger partial charge in [-0.3, -0.25) is 25.0 Å². The van der Waals surface area contributed by atoms with E-state index in [0.717, 1.165) is 23.1 Å². The fourth-order valence-electron chi connectivity index (χ4n) is 2.44. The van der Waals surface area contributed by atoms with E-state index in [1.807, 2.05) is 0 Å². The van der Waals surface area contributed by atoms with Gasteiger partial charge in [0.25, 0.3) is 11.6 Å². The SMILES string of the molecule is Cc1c(C(=O)Nc2nnc(SCC(=O)Nc3cccc(Cl)c3)s2)cccc1[N+](=O)[O-]. The average Bonchev–Trinajstić information content (AvgIpc) is 3.13. The maximum absolute atomic E-state index is 12.4. The second-order valence-electron chi connectivity index (χ2n) is 5.88. The van der Waals surface area contributed by atoms with Crippen LogP contribution < -0.4 is 10.6 Å². The van der Waals surface area contributed by atoms with Gasteiger partial charge >= 0.3 is 0 Å². The van der Waals surface area contributed by atoms with Crippen LogP contribution in [-0.4, -0.2) is 32.7 Å². The molecule has 0 saturated heterocycles. The van der Waals surface area contributed by atoms with Gasteiger partial charge < -0.3 is 5.32 Å². The summed E-state index contributed by atoms with van der Waals surface area (Å²) >= 11 is 8.14. The minimum Gasteiger partial charge on any atom is -0.325 e. The van der Waals surface area contributed by atoms with Crippen LogP contribution in [0.1, 0.15) is 15.9 Å². The number of carbonyl (C=O) groups excluding carboxylic acids is 2. The molecule has 0 saturated carbocycles. The van der Waals surface area contributed by atoms with Gasteiger partial charge in [-0.2, -0.15) is 0 Å². The third-order valence-corrected chi connectivity index (χ3v) is 6.02. The highest BCUT2D eigenvalue weighted by molar-refractivity contribution is 8.01. The van der Waals surface area contributed by atoms with Crippen LogP contribution in [0.5, 0.6) is 0 Å². The Labute approximate surface area is 184 Å². The van der Waals surface area contributed by atoms with Crippen LogP contribution in [-0.2, 0) is 4.79 Å². The fourth-order valence-corrected chi connectivity index (χ4v) is 4.18. The van der Waals surface area contributed by atoms with Gasteiger partial charge in [-0.15, -0.1) is 10.2 Å². The first-order valence-corrected chi connectivity index (χ1v) is 10.6. The lowest BCUT2D eigenvalue weighted by Crippen LogP contribution is -2.14. The molecule has 0 bridgehead atoms. The number of benzene rings is 2. The van der Waals surface area contributed by atoms with Crippen molar-refractivity contribution in [1.29, 1.82) is 0 Å². The minimum absolute atomic E-state index is 0.0963. The Morgan fingerprint density at radius 1 is 1.20 bits per heavy atom. The maximum atomic E-state index is 12.4. The molecule has 0 atom stereocenters. The van der Waals surface area contributed by atoms with Crippen molar-refractivity contribution in [3.05, 3.63) is 68.7 Å². The lowest BCUT2D eigenvalue weighted by Gasteiger charge is -2.05. The molecule has 2 aromatic carbocycles. The number of aromatic nitrogens is 2. The number of halogens is 1. The van der Waals surface area contributed by atoms with Crippen LogP contribution in [0, 0.1) is 17.0 Å². The molecule has 3 aromatic rings. The van der Waals surface area contributed by atoms with Gasteiger partial charge in [0.15, 0.2) is 4.34 Å². The van der Waals surface area contributed by atoms with E-state index in [-0.39, 0.29) is 33.6 Å². The molecule has 2 amide bonds. The van der Waals surface area contributed by atoms with E-state index in [9.17, 15) is 19.7 Å². The van der Waals surface area contributed by atoms with Crippen molar-refractivity contribution in [3.8, 4) is 0 Å². The van der Waals surface area contributed by atoms with Crippen LogP contribution in [0.15, 0.2) is 46.8 Å². The second kappa shape index (κ2) is 9.65. The highest BCUT2D eigenvalue weighted by atomic mass is 35.5. The first-order chi connectivity index (χ1) is 14.3. The number of nitrogens with one attached hydrogen (secondary N) is 2. The summed E-state index contributed by atoms with van der Waals surface area (Å²) in [7, 11) is 0. The molecular weight excluding hydrogens is 450 g/mol. The molecule has 0 aliphatic heterocycles. The molecule has 0 radical (unpaired) electrons. The smallest absolute Gasteiger partial charge is 0.273 e. The summed E-state index contributed by atoms with van der Waals surface area (Å²) in [5.74, 6) is -0.670. The molecular formula is C18H14ClN5O4S2. The third kappa shape index (κ3) is 5.53. The van der Waals surface area contributed by atoms with E-state index in [0.29, 0.717) is 15.0 Å². The Hall–Kier alpha value is -3.02. The lowest BCUT2D eigenvalue weighted by molar-refractivity contribution is -0.385. The van der Waals surface area contributed by atoms with E-state index >= 15 is 0 Å². The van der Waals surface area contributed by atoms with Gasteiger partial charge in [-0.05, 0) is 31.2 Å². The van der Waals surface area contributed by atoms with Gasteiger partial charge in [0.2, 0.25) is 11.0 Å². The van der Waals surface area contributed by atoms with Crippen molar-refractivity contribution in [3.63, 3.8) is 0 Å². The molecule has 0 unspecified atom stereocenters. The van der Waals surface area contributed by atoms with Gasteiger partial charge in [0.05, 0.1) is 10.7 Å². The number of carbonyl (C=O) groups is 2. The minimum atomic E-state index is -0.541. The van der Waals surface area contributed by atoms with Gasteiger partial charge in [-0.25, -0.2) is 0 Å². The van der Waals surface area contributed by atoms with Crippen LogP contribution in [0.2, 0.25) is 5.02 Å². The number of hydrogen-bond acceptors (Lipinski definition) is 8. The molecule has 0 aliphatic rings. The van der Waals surface area contributed by atoms with Crippen molar-refractivity contribution < 1.29 is 14.5 Å². The summed E-state index contributed by atoms with van der Waals surface area (Å²) in [6.45, 7) is 1.51. The van der Waals surface area contributed by atoms with Gasteiger partial charge in [0, 0.05) is 27.9 Å². The largest absolute Gasteiger partial charge is 0.325 e. The van der Waals surface area contributed by atoms with Crippen molar-refractivity contribution in [2.75, 3.05) is 16.4 Å². The van der Waals surface area contributed by atoms with Crippen molar-refractivity contribution in [1.82, 2.24) is 10.2 Å². The Kier molecular flexibility index (Phi) is 6.98. The lowest BCUT2D eigenvalue weighted by atomic mass is 10.1. The van der Waals surface area contributed by atoms with Gasteiger partial charge in [0.1, 0.15) is 0 Å². The zero-order valence-electron chi connectivity index (χ0n) is 15.4. The normalized spacial score (nSPS) is 10.5. The van der Waals surface area contributed by atoms with Crippen molar-refractivity contribution >= 4 is 63.0 Å². The molecule has 0 spiro atoms. The highest BCUT2D eigenvalue weighted by Crippen LogP contribution is 2.27. The first-order valence-electron chi connectivity index (χ1n) is 8.40. The van der Waals surface area contributed by atoms with Crippen molar-refractivity contribution in [2.45, 2.75) is 11.3 Å². The van der Waals surface area contributed by atoms with Crippen LogP contribution in [0.4, 0.5) is 16.5 Å². The molecule has 30 heavy (non-hydrogen) atoms. The van der Waals surface area contributed by atoms with Crippen LogP contribution in [0.3, 0.4) is 0 Å². The van der Waals surface area contributed by atoms with E-state index < -0.39 is 10.8 Å². The molecule has 0 aliphatic carbocycles. The fraction of sp³-hybridized carbons (Fsp3) is 0.111. The average molecular weight is 464 g/mol. The maximum Gasteiger partial charge on any atom is 0.273 e. The molecule has 2 N–H and O–H groups in total. The summed E-state index contributed by atoms with van der Waals surface area (Å²) in [4.78, 5) is 35.0. The van der Waals surface area contributed by atoms with Crippen LogP contribution in [0.25, 0.3) is 0 Å². The monoisotopic (exact) mass is 463 g/mol. The Balaban J connectivity index is 1.57. The van der Waals surface area contributed by atoms with E-state index in [1.165, 1.54) is 25.1 Å². The second-order valence-corrected chi connectivity index (χ2v) is 8.52. The number of thioether (sulfide) groups is 1. The van der Waals surface area contributed by atoms with Gasteiger partial charge in [-0.1, -0.05) is 46.8 Å². The molecule has 9 nitrogen and oxygen atoms in total. The summed E-state index contributed by atoms with van der Waals surface area (Å²) in [5.41, 5.74) is 0.888. The molecule has 3 rings (SSSR count). The molecule has 1 aromatic heterocycles. The first kappa shape index (κ1) is 21.7. The van der Waals surface area contributed by atoms with E-state index in [1.54, 1.807) is 24.3 Å². The molecule has 0 fully saturated rings. The van der Waals surface area contributed by atoms with Crippen molar-refractivity contribution in [2.24, 2.45) is 0 Å². The zero-order valence-corrected chi connectivity index (χ0v) is 17.8. The number of nitro groups is 1.